The molecule has 0 bridgehead atoms. The number of halogens is 2. The lowest BCUT2D eigenvalue weighted by Gasteiger charge is -2.29. The fourth-order valence-corrected chi connectivity index (χ4v) is 2.57. The summed E-state index contributed by atoms with van der Waals surface area (Å²) in [6.45, 7) is 1.41. The molecular weight excluding hydrogens is 320 g/mol. The number of benzene rings is 1. The van der Waals surface area contributed by atoms with Crippen molar-refractivity contribution in [1.29, 1.82) is 0 Å². The smallest absolute Gasteiger partial charge is 0.277 e. The number of carbonyl (C=O) groups is 3. The zero-order valence-corrected chi connectivity index (χ0v) is 13.4. The van der Waals surface area contributed by atoms with Crippen LogP contribution in [0.15, 0.2) is 24.3 Å². The lowest BCUT2D eigenvalue weighted by atomic mass is 10.0. The van der Waals surface area contributed by atoms with Crippen molar-refractivity contribution >= 4 is 17.7 Å². The van der Waals surface area contributed by atoms with E-state index in [0.717, 1.165) is 4.90 Å². The number of hydrogen-bond acceptors (Lipinski definition) is 4. The third-order valence-electron chi connectivity index (χ3n) is 3.82. The van der Waals surface area contributed by atoms with E-state index in [-0.39, 0.29) is 11.1 Å². The van der Waals surface area contributed by atoms with E-state index < -0.39 is 48.7 Å². The van der Waals surface area contributed by atoms with Crippen LogP contribution in [0.5, 0.6) is 0 Å². The molecule has 1 unspecified atom stereocenters. The van der Waals surface area contributed by atoms with Crippen LogP contribution in [0.25, 0.3) is 0 Å². The number of imide groups is 1. The summed E-state index contributed by atoms with van der Waals surface area (Å²) in [5, 5.41) is 2.09. The summed E-state index contributed by atoms with van der Waals surface area (Å²) in [5.41, 5.74) is 5.34. The van der Waals surface area contributed by atoms with E-state index in [1.54, 1.807) is 26.0 Å². The number of nitrogens with one attached hydrogen (secondary N) is 1. The Morgan fingerprint density at radius 1 is 1.21 bits per heavy atom. The topological polar surface area (TPSA) is 92.5 Å². The van der Waals surface area contributed by atoms with Crippen LogP contribution in [-0.2, 0) is 4.79 Å². The van der Waals surface area contributed by atoms with Gasteiger partial charge in [-0.05, 0) is 18.1 Å². The van der Waals surface area contributed by atoms with Crippen LogP contribution in [-0.4, -0.2) is 47.7 Å². The molecule has 0 aromatic heterocycles. The Hall–Kier alpha value is -2.35. The molecular formula is C16H19F2N3O3. The average Bonchev–Trinajstić information content (AvgIpc) is 2.79. The predicted octanol–water partition coefficient (Wildman–Crippen LogP) is 1.02. The fraction of sp³-hybridized carbons (Fsp3) is 0.438. The number of nitrogens with two attached hydrogens (primary N) is 1. The molecule has 0 radical (unpaired) electrons. The number of carbonyl (C=O) groups excluding carboxylic acids is 3. The molecule has 1 aliphatic rings. The van der Waals surface area contributed by atoms with Crippen molar-refractivity contribution in [3.8, 4) is 0 Å². The summed E-state index contributed by atoms with van der Waals surface area (Å²) in [4.78, 5) is 38.1. The van der Waals surface area contributed by atoms with E-state index in [1.165, 1.54) is 12.1 Å². The molecule has 1 aromatic rings. The van der Waals surface area contributed by atoms with Crippen LogP contribution >= 0.6 is 0 Å². The third kappa shape index (κ3) is 3.28. The van der Waals surface area contributed by atoms with Gasteiger partial charge in [-0.15, -0.1) is 0 Å². The molecule has 0 fully saturated rings. The minimum atomic E-state index is -3.25. The Bertz CT molecular complexity index is 641. The van der Waals surface area contributed by atoms with Crippen LogP contribution in [0, 0.1) is 5.92 Å². The van der Waals surface area contributed by atoms with Crippen molar-refractivity contribution in [2.24, 2.45) is 11.7 Å². The summed E-state index contributed by atoms with van der Waals surface area (Å²) in [6.07, 6.45) is 0. The van der Waals surface area contributed by atoms with E-state index in [1.807, 2.05) is 0 Å². The molecule has 1 atom stereocenters. The van der Waals surface area contributed by atoms with Crippen molar-refractivity contribution in [3.63, 3.8) is 0 Å². The van der Waals surface area contributed by atoms with Crippen LogP contribution in [0.1, 0.15) is 34.6 Å². The lowest BCUT2D eigenvalue weighted by Crippen LogP contribution is -2.54. The highest BCUT2D eigenvalue weighted by Gasteiger charge is 2.44. The van der Waals surface area contributed by atoms with E-state index in [2.05, 4.69) is 5.32 Å². The van der Waals surface area contributed by atoms with Gasteiger partial charge in [0, 0.05) is 0 Å². The second-order valence-corrected chi connectivity index (χ2v) is 5.99. The van der Waals surface area contributed by atoms with E-state index in [9.17, 15) is 23.2 Å². The zero-order valence-electron chi connectivity index (χ0n) is 13.4. The summed E-state index contributed by atoms with van der Waals surface area (Å²) in [6, 6.07) is 5.03. The molecule has 3 N–H and O–H groups in total. The molecule has 130 valence electrons. The quantitative estimate of drug-likeness (QED) is 0.757. The van der Waals surface area contributed by atoms with Crippen LogP contribution in [0.4, 0.5) is 8.78 Å². The van der Waals surface area contributed by atoms with Gasteiger partial charge in [0.05, 0.1) is 24.2 Å². The van der Waals surface area contributed by atoms with Gasteiger partial charge < -0.3 is 11.1 Å². The van der Waals surface area contributed by atoms with Gasteiger partial charge >= 0.3 is 0 Å². The van der Waals surface area contributed by atoms with Gasteiger partial charge in [-0.25, -0.2) is 8.78 Å². The van der Waals surface area contributed by atoms with Crippen molar-refractivity contribution in [1.82, 2.24) is 10.2 Å². The summed E-state index contributed by atoms with van der Waals surface area (Å²) in [5.74, 6) is -5.71. The Morgan fingerprint density at radius 3 is 2.12 bits per heavy atom. The van der Waals surface area contributed by atoms with Crippen molar-refractivity contribution in [3.05, 3.63) is 35.4 Å². The highest BCUT2D eigenvalue weighted by Crippen LogP contribution is 2.27. The van der Waals surface area contributed by atoms with Gasteiger partial charge in [-0.1, -0.05) is 26.0 Å². The predicted molar refractivity (Wildman–Crippen MR) is 82.6 cm³/mol. The summed E-state index contributed by atoms with van der Waals surface area (Å²) < 4.78 is 26.5. The number of alkyl halides is 2. The Labute approximate surface area is 138 Å². The molecule has 0 aliphatic carbocycles. The average molecular weight is 339 g/mol. The highest BCUT2D eigenvalue weighted by molar-refractivity contribution is 6.22. The summed E-state index contributed by atoms with van der Waals surface area (Å²) in [7, 11) is 0. The van der Waals surface area contributed by atoms with Crippen LogP contribution in [0.3, 0.4) is 0 Å². The second-order valence-electron chi connectivity index (χ2n) is 5.99. The molecule has 8 heteroatoms. The second kappa shape index (κ2) is 6.64. The molecule has 0 saturated carbocycles. The van der Waals surface area contributed by atoms with Crippen LogP contribution < -0.4 is 11.1 Å². The number of amides is 3. The van der Waals surface area contributed by atoms with Crippen molar-refractivity contribution in [2.75, 3.05) is 13.1 Å². The minimum Gasteiger partial charge on any atom is -0.348 e. The molecule has 2 rings (SSSR count). The normalized spacial score (nSPS) is 15.7. The first-order valence-corrected chi connectivity index (χ1v) is 7.52. The van der Waals surface area contributed by atoms with E-state index in [0.29, 0.717) is 0 Å². The lowest BCUT2D eigenvalue weighted by molar-refractivity contribution is -0.128. The number of rotatable bonds is 6. The van der Waals surface area contributed by atoms with E-state index in [4.69, 9.17) is 5.73 Å². The fourth-order valence-electron chi connectivity index (χ4n) is 2.57. The van der Waals surface area contributed by atoms with Crippen molar-refractivity contribution < 1.29 is 23.2 Å². The zero-order chi connectivity index (χ0) is 18.1. The third-order valence-corrected chi connectivity index (χ3v) is 3.82. The molecule has 24 heavy (non-hydrogen) atoms. The van der Waals surface area contributed by atoms with Gasteiger partial charge in [0.15, 0.2) is 0 Å². The molecule has 0 spiro atoms. The molecule has 6 nitrogen and oxygen atoms in total. The maximum atomic E-state index is 13.2. The Morgan fingerprint density at radius 2 is 1.71 bits per heavy atom. The molecule has 1 aliphatic heterocycles. The molecule has 0 saturated heterocycles. The highest BCUT2D eigenvalue weighted by atomic mass is 19.3. The Kier molecular flexibility index (Phi) is 4.98. The summed E-state index contributed by atoms with van der Waals surface area (Å²) >= 11 is 0. The SMILES string of the molecule is CC(C)C(C(=O)NCC(F)(F)CN)N1C(=O)c2ccccc2C1=O. The molecule has 1 aromatic carbocycles. The largest absolute Gasteiger partial charge is 0.348 e. The standard InChI is InChI=1S/C16H19F2N3O3/c1-9(2)12(13(22)20-8-16(17,18)7-19)21-14(23)10-5-3-4-6-11(10)15(21)24/h3-6,9,12H,7-8,19H2,1-2H3,(H,20,22). The minimum absolute atomic E-state index is 0.202. The number of fused-ring (bicyclic) bond motifs is 1. The maximum Gasteiger partial charge on any atom is 0.277 e. The number of nitrogens with zero attached hydrogens (tertiary/aromatic N) is 1. The van der Waals surface area contributed by atoms with Gasteiger partial charge in [0.1, 0.15) is 6.04 Å². The first kappa shape index (κ1) is 18.0. The van der Waals surface area contributed by atoms with Crippen molar-refractivity contribution in [2.45, 2.75) is 25.8 Å². The van der Waals surface area contributed by atoms with Crippen LogP contribution in [0.2, 0.25) is 0 Å². The molecule has 1 heterocycles. The Balaban J connectivity index is 2.25. The van der Waals surface area contributed by atoms with Gasteiger partial charge in [0.25, 0.3) is 17.7 Å². The van der Waals surface area contributed by atoms with E-state index >= 15 is 0 Å². The molecule has 3 amide bonds. The monoisotopic (exact) mass is 339 g/mol. The van der Waals surface area contributed by atoms with Gasteiger partial charge in [-0.2, -0.15) is 0 Å². The maximum absolute atomic E-state index is 13.2. The first-order valence-electron chi connectivity index (χ1n) is 7.52. The van der Waals surface area contributed by atoms with Gasteiger partial charge in [-0.3, -0.25) is 19.3 Å². The number of hydrogen-bond donors (Lipinski definition) is 2. The first-order chi connectivity index (χ1) is 11.2. The van der Waals surface area contributed by atoms with Gasteiger partial charge in [0.2, 0.25) is 5.91 Å².